The lowest BCUT2D eigenvalue weighted by Gasteiger charge is -2.15. The Morgan fingerprint density at radius 1 is 1.15 bits per heavy atom. The van der Waals surface area contributed by atoms with Crippen LogP contribution in [0.25, 0.3) is 16.6 Å². The van der Waals surface area contributed by atoms with Gasteiger partial charge in [0.05, 0.1) is 16.6 Å². The van der Waals surface area contributed by atoms with Crippen molar-refractivity contribution in [1.82, 2.24) is 9.55 Å². The average Bonchev–Trinajstić information content (AvgIpc) is 2.60. The molecule has 3 rings (SSSR count). The molecule has 0 amide bonds. The van der Waals surface area contributed by atoms with Gasteiger partial charge in [-0.15, -0.1) is 13.2 Å². The van der Waals surface area contributed by atoms with E-state index in [1.165, 1.54) is 0 Å². The molecule has 0 bridgehead atoms. The van der Waals surface area contributed by atoms with E-state index in [9.17, 15) is 9.90 Å². The molecule has 132 valence electrons. The predicted molar refractivity (Wildman–Crippen MR) is 109 cm³/mol. The smallest absolute Gasteiger partial charge is 0.265 e. The largest absolute Gasteiger partial charge is 0.507 e. The zero-order valence-electron chi connectivity index (χ0n) is 14.5. The predicted octanol–water partition coefficient (Wildman–Crippen LogP) is 4.62. The number of hydrogen-bond donors (Lipinski definition) is 1. The quantitative estimate of drug-likeness (QED) is 0.624. The first-order chi connectivity index (χ1) is 12.5. The van der Waals surface area contributed by atoms with Crippen molar-refractivity contribution in [2.75, 3.05) is 0 Å². The molecular weight excluding hydrogens is 392 g/mol. The van der Waals surface area contributed by atoms with E-state index in [1.807, 2.05) is 24.3 Å². The fourth-order valence-corrected chi connectivity index (χ4v) is 3.43. The van der Waals surface area contributed by atoms with Gasteiger partial charge >= 0.3 is 0 Å². The number of hydrogen-bond acceptors (Lipinski definition) is 3. The molecule has 0 fully saturated rings. The van der Waals surface area contributed by atoms with Crippen molar-refractivity contribution in [1.29, 1.82) is 0 Å². The zero-order valence-corrected chi connectivity index (χ0v) is 16.1. The Morgan fingerprint density at radius 2 is 1.77 bits per heavy atom. The summed E-state index contributed by atoms with van der Waals surface area (Å²) in [6.45, 7) is 9.29. The summed E-state index contributed by atoms with van der Waals surface area (Å²) in [6.07, 6.45) is 4.46. The molecule has 4 nitrogen and oxygen atoms in total. The molecule has 1 heterocycles. The van der Waals surface area contributed by atoms with Gasteiger partial charge in [0.2, 0.25) is 0 Å². The Balaban J connectivity index is 2.33. The van der Waals surface area contributed by atoms with E-state index in [0.717, 1.165) is 15.6 Å². The first-order valence-corrected chi connectivity index (χ1v) is 9.01. The molecule has 5 heteroatoms. The van der Waals surface area contributed by atoms with Gasteiger partial charge < -0.3 is 5.11 Å². The summed E-state index contributed by atoms with van der Waals surface area (Å²) in [7, 11) is 0. The lowest BCUT2D eigenvalue weighted by atomic mass is 10.0. The van der Waals surface area contributed by atoms with Gasteiger partial charge in [-0.25, -0.2) is 4.98 Å². The highest BCUT2D eigenvalue weighted by Crippen LogP contribution is 2.28. The molecule has 0 aliphatic heterocycles. The van der Waals surface area contributed by atoms with Crippen LogP contribution in [-0.4, -0.2) is 14.7 Å². The summed E-state index contributed by atoms with van der Waals surface area (Å²) in [5, 5.41) is 11.0. The second-order valence-electron chi connectivity index (χ2n) is 6.06. The van der Waals surface area contributed by atoms with Gasteiger partial charge in [0.1, 0.15) is 11.6 Å². The van der Waals surface area contributed by atoms with E-state index in [4.69, 9.17) is 0 Å². The molecule has 0 saturated heterocycles. The molecule has 0 aliphatic carbocycles. The van der Waals surface area contributed by atoms with Crippen molar-refractivity contribution < 1.29 is 5.11 Å². The van der Waals surface area contributed by atoms with Gasteiger partial charge in [0, 0.05) is 4.47 Å². The van der Waals surface area contributed by atoms with E-state index in [-0.39, 0.29) is 11.3 Å². The summed E-state index contributed by atoms with van der Waals surface area (Å²) in [6, 6.07) is 9.08. The fraction of sp³-hybridized carbons (Fsp3) is 0.143. The number of phenolic OH excluding ortho intramolecular Hbond substituents is 1. The number of fused-ring (bicyclic) bond motifs is 1. The van der Waals surface area contributed by atoms with Crippen LogP contribution in [0, 0.1) is 6.92 Å². The van der Waals surface area contributed by atoms with Crippen molar-refractivity contribution in [3.8, 4) is 11.4 Å². The highest BCUT2D eigenvalue weighted by Gasteiger charge is 2.14. The highest BCUT2D eigenvalue weighted by molar-refractivity contribution is 9.10. The maximum atomic E-state index is 13.1. The normalized spacial score (nSPS) is 10.8. The Labute approximate surface area is 160 Å². The van der Waals surface area contributed by atoms with Crippen LogP contribution in [-0.2, 0) is 12.8 Å². The summed E-state index contributed by atoms with van der Waals surface area (Å²) >= 11 is 3.41. The van der Waals surface area contributed by atoms with Gasteiger partial charge in [0.15, 0.2) is 0 Å². The topological polar surface area (TPSA) is 55.1 Å². The van der Waals surface area contributed by atoms with Gasteiger partial charge in [-0.1, -0.05) is 28.1 Å². The Morgan fingerprint density at radius 3 is 2.35 bits per heavy atom. The van der Waals surface area contributed by atoms with Crippen LogP contribution in [0.4, 0.5) is 0 Å². The molecular formula is C21H19BrN2O2. The van der Waals surface area contributed by atoms with Crippen molar-refractivity contribution in [3.63, 3.8) is 0 Å². The molecule has 2 aromatic carbocycles. The van der Waals surface area contributed by atoms with E-state index in [2.05, 4.69) is 34.1 Å². The third-order valence-corrected chi connectivity index (χ3v) is 4.73. The first-order valence-electron chi connectivity index (χ1n) is 8.22. The number of allylic oxidation sites excluding steroid dienone is 2. The minimum Gasteiger partial charge on any atom is -0.507 e. The minimum absolute atomic E-state index is 0.145. The number of aryl methyl sites for hydroxylation is 1. The molecule has 0 saturated carbocycles. The van der Waals surface area contributed by atoms with Crippen LogP contribution < -0.4 is 5.56 Å². The van der Waals surface area contributed by atoms with Crippen LogP contribution in [0.15, 0.2) is 64.9 Å². The molecule has 0 radical (unpaired) electrons. The maximum absolute atomic E-state index is 13.1. The van der Waals surface area contributed by atoms with Crippen molar-refractivity contribution in [2.24, 2.45) is 0 Å². The number of halogens is 1. The zero-order chi connectivity index (χ0) is 18.8. The minimum atomic E-state index is -0.145. The standard InChI is InChI=1S/C21H19BrN2O2/c1-4-6-14-10-17(11-15(7-5-2)20(14)25)24-13(3)23-19-9-8-16(22)12-18(19)21(24)26/h4-5,8-12,25H,1-2,6-7H2,3H3. The van der Waals surface area contributed by atoms with E-state index < -0.39 is 0 Å². The molecule has 1 aromatic heterocycles. The number of aromatic nitrogens is 2. The lowest BCUT2D eigenvalue weighted by Crippen LogP contribution is -2.22. The third-order valence-electron chi connectivity index (χ3n) is 4.24. The molecule has 1 N–H and O–H groups in total. The molecule has 3 aromatic rings. The van der Waals surface area contributed by atoms with Crippen LogP contribution >= 0.6 is 15.9 Å². The summed E-state index contributed by atoms with van der Waals surface area (Å²) in [5.74, 6) is 0.806. The van der Waals surface area contributed by atoms with Crippen molar-refractivity contribution in [2.45, 2.75) is 19.8 Å². The van der Waals surface area contributed by atoms with Crippen LogP contribution in [0.2, 0.25) is 0 Å². The Hall–Kier alpha value is -2.66. The number of rotatable bonds is 5. The molecule has 0 unspecified atom stereocenters. The van der Waals surface area contributed by atoms with Gasteiger partial charge in [-0.05, 0) is 61.2 Å². The van der Waals surface area contributed by atoms with Crippen LogP contribution in [0.5, 0.6) is 5.75 Å². The van der Waals surface area contributed by atoms with E-state index in [0.29, 0.717) is 35.3 Å². The molecule has 0 atom stereocenters. The summed E-state index contributed by atoms with van der Waals surface area (Å²) in [4.78, 5) is 17.7. The van der Waals surface area contributed by atoms with Crippen molar-refractivity contribution >= 4 is 26.8 Å². The monoisotopic (exact) mass is 410 g/mol. The summed E-state index contributed by atoms with van der Waals surface area (Å²) < 4.78 is 2.40. The number of phenols is 1. The Kier molecular flexibility index (Phi) is 5.09. The van der Waals surface area contributed by atoms with Gasteiger partial charge in [0.25, 0.3) is 5.56 Å². The van der Waals surface area contributed by atoms with Gasteiger partial charge in [-0.2, -0.15) is 0 Å². The molecule has 26 heavy (non-hydrogen) atoms. The van der Waals surface area contributed by atoms with Crippen molar-refractivity contribution in [3.05, 3.63) is 87.4 Å². The third kappa shape index (κ3) is 3.22. The second-order valence-corrected chi connectivity index (χ2v) is 6.97. The number of nitrogens with zero attached hydrogens (tertiary/aromatic N) is 2. The van der Waals surface area contributed by atoms with Crippen LogP contribution in [0.3, 0.4) is 0 Å². The highest BCUT2D eigenvalue weighted by atomic mass is 79.9. The van der Waals surface area contributed by atoms with Crippen LogP contribution in [0.1, 0.15) is 17.0 Å². The average molecular weight is 411 g/mol. The number of aromatic hydroxyl groups is 1. The molecule has 0 aliphatic rings. The lowest BCUT2D eigenvalue weighted by molar-refractivity contribution is 0.464. The molecule has 0 spiro atoms. The number of benzene rings is 2. The second kappa shape index (κ2) is 7.30. The first kappa shape index (κ1) is 18.1. The van der Waals surface area contributed by atoms with Gasteiger partial charge in [-0.3, -0.25) is 9.36 Å². The Bertz CT molecular complexity index is 1050. The maximum Gasteiger partial charge on any atom is 0.265 e. The van der Waals surface area contributed by atoms with E-state index >= 15 is 0 Å². The fourth-order valence-electron chi connectivity index (χ4n) is 3.07. The van der Waals surface area contributed by atoms with E-state index in [1.54, 1.807) is 29.7 Å². The summed E-state index contributed by atoms with van der Waals surface area (Å²) in [5.41, 5.74) is 2.62. The SMILES string of the molecule is C=CCc1cc(-n2c(C)nc3ccc(Br)cc3c2=O)cc(CC=C)c1O.